The molecule has 1 aliphatic rings. The molecule has 0 radical (unpaired) electrons. The number of aromatic nitrogens is 1. The van der Waals surface area contributed by atoms with Crippen molar-refractivity contribution < 1.29 is 9.53 Å². The number of hydrogen-bond acceptors (Lipinski definition) is 3. The van der Waals surface area contributed by atoms with Crippen LogP contribution in [0.2, 0.25) is 0 Å². The van der Waals surface area contributed by atoms with Crippen molar-refractivity contribution in [3.8, 4) is 0 Å². The molecule has 1 aromatic rings. The van der Waals surface area contributed by atoms with E-state index in [0.29, 0.717) is 0 Å². The van der Waals surface area contributed by atoms with Crippen molar-refractivity contribution in [2.24, 2.45) is 0 Å². The second kappa shape index (κ2) is 6.34. The quantitative estimate of drug-likeness (QED) is 0.906. The Morgan fingerprint density at radius 3 is 3.11 bits per heavy atom. The van der Waals surface area contributed by atoms with Crippen molar-refractivity contribution in [1.29, 1.82) is 0 Å². The highest BCUT2D eigenvalue weighted by Gasteiger charge is 2.23. The number of ether oxygens (including phenoxy) is 1. The molecule has 5 nitrogen and oxygen atoms in total. The minimum absolute atomic E-state index is 0.0231. The summed E-state index contributed by atoms with van der Waals surface area (Å²) in [7, 11) is 0. The molecule has 0 bridgehead atoms. The number of pyridine rings is 1. The molecule has 104 valence electrons. The third-order valence-corrected chi connectivity index (χ3v) is 3.64. The van der Waals surface area contributed by atoms with Crippen molar-refractivity contribution in [3.63, 3.8) is 0 Å². The molecule has 1 amide bonds. The molecule has 0 unspecified atom stereocenters. The van der Waals surface area contributed by atoms with Gasteiger partial charge in [-0.25, -0.2) is 0 Å². The van der Waals surface area contributed by atoms with Crippen LogP contribution in [0.15, 0.2) is 27.6 Å². The van der Waals surface area contributed by atoms with Crippen LogP contribution < -0.4 is 10.9 Å². The first-order valence-corrected chi connectivity index (χ1v) is 7.12. The molecular weight excluding hydrogens is 312 g/mol. The Hall–Kier alpha value is -1.14. The Balaban J connectivity index is 1.93. The molecule has 0 spiro atoms. The lowest BCUT2D eigenvalue weighted by molar-refractivity contribution is -0.123. The molecule has 0 saturated carbocycles. The smallest absolute Gasteiger partial charge is 0.251 e. The molecule has 1 aliphatic heterocycles. The highest BCUT2D eigenvalue weighted by molar-refractivity contribution is 9.10. The van der Waals surface area contributed by atoms with Crippen LogP contribution in [0.3, 0.4) is 0 Å². The Morgan fingerprint density at radius 2 is 2.42 bits per heavy atom. The van der Waals surface area contributed by atoms with Crippen LogP contribution in [0, 0.1) is 0 Å². The maximum absolute atomic E-state index is 11.9. The fourth-order valence-electron chi connectivity index (χ4n) is 2.17. The second-order valence-corrected chi connectivity index (χ2v) is 5.64. The molecule has 1 fully saturated rings. The van der Waals surface area contributed by atoms with Crippen molar-refractivity contribution in [3.05, 3.63) is 33.2 Å². The fraction of sp³-hybridized carbons (Fsp3) is 0.538. The van der Waals surface area contributed by atoms with Gasteiger partial charge < -0.3 is 14.6 Å². The van der Waals surface area contributed by atoms with Gasteiger partial charge in [0.2, 0.25) is 5.91 Å². The average Bonchev–Trinajstić information content (AvgIpc) is 2.87. The first-order valence-electron chi connectivity index (χ1n) is 6.33. The van der Waals surface area contributed by atoms with Gasteiger partial charge in [0.15, 0.2) is 0 Å². The van der Waals surface area contributed by atoms with Gasteiger partial charge in [0.25, 0.3) is 5.56 Å². The van der Waals surface area contributed by atoms with Crippen LogP contribution in [0.25, 0.3) is 0 Å². The van der Waals surface area contributed by atoms with Crippen molar-refractivity contribution in [2.75, 3.05) is 6.61 Å². The number of nitrogens with one attached hydrogen (secondary N) is 1. The summed E-state index contributed by atoms with van der Waals surface area (Å²) < 4.78 is 7.66. The lowest BCUT2D eigenvalue weighted by Gasteiger charge is -2.20. The van der Waals surface area contributed by atoms with Crippen LogP contribution >= 0.6 is 15.9 Å². The molecular formula is C13H17BrN2O3. The minimum Gasteiger partial charge on any atom is -0.376 e. The summed E-state index contributed by atoms with van der Waals surface area (Å²) in [6.45, 7) is 2.71. The zero-order chi connectivity index (χ0) is 13.8. The van der Waals surface area contributed by atoms with E-state index in [4.69, 9.17) is 4.74 Å². The predicted octanol–water partition coefficient (Wildman–Crippen LogP) is 1.29. The van der Waals surface area contributed by atoms with E-state index in [1.165, 1.54) is 10.6 Å². The topological polar surface area (TPSA) is 60.3 Å². The van der Waals surface area contributed by atoms with Gasteiger partial charge >= 0.3 is 0 Å². The Kier molecular flexibility index (Phi) is 4.76. The number of halogens is 1. The van der Waals surface area contributed by atoms with Crippen molar-refractivity contribution in [2.45, 2.75) is 38.5 Å². The van der Waals surface area contributed by atoms with Gasteiger partial charge in [-0.2, -0.15) is 0 Å². The lowest BCUT2D eigenvalue weighted by Crippen LogP contribution is -2.43. The number of amides is 1. The van der Waals surface area contributed by atoms with Crippen LogP contribution in [0.5, 0.6) is 0 Å². The maximum Gasteiger partial charge on any atom is 0.251 e. The van der Waals surface area contributed by atoms with Crippen LogP contribution in [-0.2, 0) is 16.1 Å². The summed E-state index contributed by atoms with van der Waals surface area (Å²) in [5.41, 5.74) is -0.192. The first kappa shape index (κ1) is 14.3. The lowest BCUT2D eigenvalue weighted by atomic mass is 10.1. The number of carbonyl (C=O) groups is 1. The van der Waals surface area contributed by atoms with Crippen LogP contribution in [0.1, 0.15) is 19.8 Å². The molecule has 1 N–H and O–H groups in total. The molecule has 2 atom stereocenters. The monoisotopic (exact) mass is 328 g/mol. The van der Waals surface area contributed by atoms with Gasteiger partial charge in [-0.3, -0.25) is 9.59 Å². The molecule has 19 heavy (non-hydrogen) atoms. The zero-order valence-electron chi connectivity index (χ0n) is 10.8. The number of nitrogens with zero attached hydrogens (tertiary/aromatic N) is 1. The maximum atomic E-state index is 11.9. The molecule has 6 heteroatoms. The van der Waals surface area contributed by atoms with E-state index in [0.717, 1.165) is 23.9 Å². The second-order valence-electron chi connectivity index (χ2n) is 4.72. The van der Waals surface area contributed by atoms with E-state index in [1.54, 1.807) is 12.3 Å². The van der Waals surface area contributed by atoms with E-state index < -0.39 is 0 Å². The summed E-state index contributed by atoms with van der Waals surface area (Å²) in [6.07, 6.45) is 3.70. The zero-order valence-corrected chi connectivity index (χ0v) is 12.4. The van der Waals surface area contributed by atoms with Crippen molar-refractivity contribution in [1.82, 2.24) is 9.88 Å². The van der Waals surface area contributed by atoms with Gasteiger partial charge in [0.1, 0.15) is 6.54 Å². The van der Waals surface area contributed by atoms with Gasteiger partial charge in [0, 0.05) is 23.3 Å². The molecule has 2 rings (SSSR count). The van der Waals surface area contributed by atoms with E-state index in [2.05, 4.69) is 21.2 Å². The highest BCUT2D eigenvalue weighted by atomic mass is 79.9. The van der Waals surface area contributed by atoms with E-state index >= 15 is 0 Å². The summed E-state index contributed by atoms with van der Waals surface area (Å²) >= 11 is 3.28. The number of hydrogen-bond donors (Lipinski definition) is 1. The molecule has 1 saturated heterocycles. The molecule has 2 heterocycles. The summed E-state index contributed by atoms with van der Waals surface area (Å²) in [6, 6.07) is 3.06. The van der Waals surface area contributed by atoms with Crippen LogP contribution in [0.4, 0.5) is 0 Å². The van der Waals surface area contributed by atoms with Gasteiger partial charge in [-0.15, -0.1) is 0 Å². The van der Waals surface area contributed by atoms with Gasteiger partial charge in [0.05, 0.1) is 12.1 Å². The van der Waals surface area contributed by atoms with Gasteiger partial charge in [-0.05, 0) is 41.8 Å². The normalized spacial score (nSPS) is 20.2. The summed E-state index contributed by atoms with van der Waals surface area (Å²) in [4.78, 5) is 23.5. The SMILES string of the molecule is C[C@H](NC(=O)Cn1cc(Br)ccc1=O)[C@H]1CCCO1. The third kappa shape index (κ3) is 3.91. The van der Waals surface area contributed by atoms with Crippen molar-refractivity contribution >= 4 is 21.8 Å². The minimum atomic E-state index is -0.192. The molecule has 0 aliphatic carbocycles. The Labute approximate surface area is 120 Å². The van der Waals surface area contributed by atoms with E-state index in [1.807, 2.05) is 6.92 Å². The third-order valence-electron chi connectivity index (χ3n) is 3.17. The Morgan fingerprint density at radius 1 is 1.63 bits per heavy atom. The van der Waals surface area contributed by atoms with Gasteiger partial charge in [-0.1, -0.05) is 0 Å². The highest BCUT2D eigenvalue weighted by Crippen LogP contribution is 2.15. The summed E-state index contributed by atoms with van der Waals surface area (Å²) in [5.74, 6) is -0.178. The predicted molar refractivity (Wildman–Crippen MR) is 75.0 cm³/mol. The first-order chi connectivity index (χ1) is 9.06. The fourth-order valence-corrected chi connectivity index (χ4v) is 2.55. The van der Waals surface area contributed by atoms with E-state index in [9.17, 15) is 9.59 Å². The Bertz CT molecular complexity index is 509. The number of rotatable bonds is 4. The molecule has 0 aromatic carbocycles. The average molecular weight is 329 g/mol. The van der Waals surface area contributed by atoms with E-state index in [-0.39, 0.29) is 30.2 Å². The standard InChI is InChI=1S/C13H17BrN2O3/c1-9(11-3-2-6-19-11)15-12(17)8-16-7-10(14)4-5-13(16)18/h4-5,7,9,11H,2-3,6,8H2,1H3,(H,15,17)/t9-,11+/m0/s1. The number of carbonyl (C=O) groups excluding carboxylic acids is 1. The summed E-state index contributed by atoms with van der Waals surface area (Å²) in [5, 5.41) is 2.88. The van der Waals surface area contributed by atoms with Crippen LogP contribution in [-0.4, -0.2) is 29.2 Å². The molecule has 1 aromatic heterocycles. The largest absolute Gasteiger partial charge is 0.376 e.